The van der Waals surface area contributed by atoms with Gasteiger partial charge >= 0.3 is 0 Å². The third-order valence-electron chi connectivity index (χ3n) is 5.47. The van der Waals surface area contributed by atoms with Crippen molar-refractivity contribution in [1.29, 1.82) is 0 Å². The normalized spacial score (nSPS) is 12.1. The summed E-state index contributed by atoms with van der Waals surface area (Å²) < 4.78 is 0. The number of para-hydroxylation sites is 1. The first-order valence-electron chi connectivity index (χ1n) is 10.9. The highest BCUT2D eigenvalue weighted by Crippen LogP contribution is 2.36. The van der Waals surface area contributed by atoms with Gasteiger partial charge in [-0.05, 0) is 60.5 Å². The summed E-state index contributed by atoms with van der Waals surface area (Å²) in [4.78, 5) is 36.4. The van der Waals surface area contributed by atoms with Crippen molar-refractivity contribution in [3.05, 3.63) is 83.4 Å². The number of benzene rings is 3. The van der Waals surface area contributed by atoms with Gasteiger partial charge in [-0.3, -0.25) is 14.4 Å². The predicted octanol–water partition coefficient (Wildman–Crippen LogP) is 4.36. The summed E-state index contributed by atoms with van der Waals surface area (Å²) in [5, 5.41) is 12.2. The molecule has 4 N–H and O–H groups in total. The number of Topliss-reactive ketones (excluding diaryl/α,β-unsaturated/α-hetero) is 1. The quantitative estimate of drug-likeness (QED) is 0.389. The van der Waals surface area contributed by atoms with E-state index in [1.165, 1.54) is 6.92 Å². The lowest BCUT2D eigenvalue weighted by atomic mass is 10.0. The Morgan fingerprint density at radius 3 is 2.27 bits per heavy atom. The molecule has 0 saturated heterocycles. The molecule has 3 aromatic carbocycles. The van der Waals surface area contributed by atoms with E-state index in [2.05, 4.69) is 21.3 Å². The molecule has 7 heteroatoms. The van der Waals surface area contributed by atoms with Crippen molar-refractivity contribution in [3.8, 4) is 0 Å². The van der Waals surface area contributed by atoms with Crippen LogP contribution in [0.1, 0.15) is 39.6 Å². The van der Waals surface area contributed by atoms with Crippen LogP contribution in [-0.2, 0) is 11.2 Å². The first kappa shape index (κ1) is 22.1. The third kappa shape index (κ3) is 5.38. The minimum absolute atomic E-state index is 0.0377. The molecule has 0 fully saturated rings. The van der Waals surface area contributed by atoms with E-state index >= 15 is 0 Å². The molecule has 3 aromatic rings. The number of amides is 2. The number of ketones is 1. The Morgan fingerprint density at radius 2 is 1.55 bits per heavy atom. The second kappa shape index (κ2) is 9.99. The molecule has 7 nitrogen and oxygen atoms in total. The summed E-state index contributed by atoms with van der Waals surface area (Å²) in [7, 11) is 0. The van der Waals surface area contributed by atoms with Crippen LogP contribution in [0.25, 0.3) is 0 Å². The molecule has 1 aliphatic carbocycles. The van der Waals surface area contributed by atoms with E-state index in [-0.39, 0.29) is 17.6 Å². The summed E-state index contributed by atoms with van der Waals surface area (Å²) >= 11 is 0. The summed E-state index contributed by atoms with van der Waals surface area (Å²) in [6.07, 6.45) is 1.08. The highest BCUT2D eigenvalue weighted by Gasteiger charge is 2.26. The van der Waals surface area contributed by atoms with Crippen LogP contribution in [0.15, 0.2) is 66.7 Å². The third-order valence-corrected chi connectivity index (χ3v) is 5.47. The van der Waals surface area contributed by atoms with E-state index in [0.29, 0.717) is 42.7 Å². The summed E-state index contributed by atoms with van der Waals surface area (Å²) in [5.41, 5.74) is 5.23. The van der Waals surface area contributed by atoms with E-state index in [4.69, 9.17) is 0 Å². The Balaban J connectivity index is 1.45. The van der Waals surface area contributed by atoms with Gasteiger partial charge in [0.1, 0.15) is 0 Å². The molecule has 0 saturated carbocycles. The lowest BCUT2D eigenvalue weighted by Crippen LogP contribution is -2.26. The average molecular weight is 443 g/mol. The second-order valence-electron chi connectivity index (χ2n) is 7.87. The molecule has 0 unspecified atom stereocenters. The highest BCUT2D eigenvalue weighted by atomic mass is 16.2. The molecule has 4 rings (SSSR count). The van der Waals surface area contributed by atoms with Crippen LogP contribution in [0.2, 0.25) is 0 Å². The zero-order chi connectivity index (χ0) is 23.2. The molecule has 0 atom stereocenters. The van der Waals surface area contributed by atoms with Gasteiger partial charge < -0.3 is 21.3 Å². The van der Waals surface area contributed by atoms with Gasteiger partial charge in [-0.15, -0.1) is 0 Å². The summed E-state index contributed by atoms with van der Waals surface area (Å²) in [6.45, 7) is 2.58. The minimum Gasteiger partial charge on any atom is -0.383 e. The van der Waals surface area contributed by atoms with E-state index < -0.39 is 0 Å². The zero-order valence-corrected chi connectivity index (χ0v) is 18.4. The van der Waals surface area contributed by atoms with Crippen molar-refractivity contribution in [3.63, 3.8) is 0 Å². The zero-order valence-electron chi connectivity index (χ0n) is 18.4. The Morgan fingerprint density at radius 1 is 0.818 bits per heavy atom. The van der Waals surface area contributed by atoms with E-state index in [1.54, 1.807) is 18.2 Å². The standard InChI is InChI=1S/C26H26N4O3/c1-17(31)27-15-16-28-19-9-7-18(8-10-19)26(33)30-23-13-12-22(21-11-14-24(32)25(21)23)29-20-5-3-2-4-6-20/h2-10,12-13,28-29H,11,14-16H2,1H3,(H,27,31)(H,30,33). The second-order valence-corrected chi connectivity index (χ2v) is 7.87. The van der Waals surface area contributed by atoms with E-state index in [1.807, 2.05) is 48.5 Å². The number of nitrogens with one attached hydrogen (secondary N) is 4. The number of rotatable bonds is 8. The van der Waals surface area contributed by atoms with Gasteiger partial charge in [0.25, 0.3) is 5.91 Å². The van der Waals surface area contributed by atoms with Gasteiger partial charge in [0.05, 0.1) is 5.69 Å². The lowest BCUT2D eigenvalue weighted by Gasteiger charge is -2.15. The summed E-state index contributed by atoms with van der Waals surface area (Å²) in [5.74, 6) is -0.307. The SMILES string of the molecule is CC(=O)NCCNc1ccc(C(=O)Nc2ccc(Nc3ccccc3)c3c2C(=O)CC3)cc1. The van der Waals surface area contributed by atoms with E-state index in [9.17, 15) is 14.4 Å². The maximum atomic E-state index is 12.8. The Hall–Kier alpha value is -4.13. The minimum atomic E-state index is -0.273. The molecule has 0 aromatic heterocycles. The van der Waals surface area contributed by atoms with Crippen molar-refractivity contribution in [2.75, 3.05) is 29.0 Å². The highest BCUT2D eigenvalue weighted by molar-refractivity contribution is 6.12. The van der Waals surface area contributed by atoms with Crippen LogP contribution in [0.5, 0.6) is 0 Å². The summed E-state index contributed by atoms with van der Waals surface area (Å²) in [6, 6.07) is 20.5. The molecule has 0 radical (unpaired) electrons. The van der Waals surface area contributed by atoms with Gasteiger partial charge in [-0.25, -0.2) is 0 Å². The fourth-order valence-electron chi connectivity index (χ4n) is 3.87. The predicted molar refractivity (Wildman–Crippen MR) is 130 cm³/mol. The Labute approximate surface area is 192 Å². The van der Waals surface area contributed by atoms with Crippen LogP contribution in [0.3, 0.4) is 0 Å². The number of anilines is 4. The molecular weight excluding hydrogens is 416 g/mol. The molecule has 0 bridgehead atoms. The maximum absolute atomic E-state index is 12.8. The van der Waals surface area contributed by atoms with Gasteiger partial charge in [0.2, 0.25) is 5.91 Å². The van der Waals surface area contributed by atoms with Gasteiger partial charge in [-0.2, -0.15) is 0 Å². The van der Waals surface area contributed by atoms with Gasteiger partial charge in [0.15, 0.2) is 5.78 Å². The number of hydrogen-bond acceptors (Lipinski definition) is 5. The fraction of sp³-hybridized carbons (Fsp3) is 0.192. The van der Waals surface area contributed by atoms with Crippen molar-refractivity contribution < 1.29 is 14.4 Å². The van der Waals surface area contributed by atoms with Gasteiger partial charge in [-0.1, -0.05) is 18.2 Å². The van der Waals surface area contributed by atoms with Crippen molar-refractivity contribution in [1.82, 2.24) is 5.32 Å². The van der Waals surface area contributed by atoms with Crippen LogP contribution < -0.4 is 21.3 Å². The smallest absolute Gasteiger partial charge is 0.255 e. The first-order chi connectivity index (χ1) is 16.0. The Bertz CT molecular complexity index is 1170. The monoisotopic (exact) mass is 442 g/mol. The van der Waals surface area contributed by atoms with Gasteiger partial charge in [0, 0.05) is 54.6 Å². The number of carbonyl (C=O) groups is 3. The molecular formula is C26H26N4O3. The molecule has 0 spiro atoms. The number of hydrogen-bond donors (Lipinski definition) is 4. The van der Waals surface area contributed by atoms with Crippen molar-refractivity contribution in [2.45, 2.75) is 19.8 Å². The maximum Gasteiger partial charge on any atom is 0.255 e. The molecule has 1 aliphatic rings. The molecule has 33 heavy (non-hydrogen) atoms. The van der Waals surface area contributed by atoms with Crippen molar-refractivity contribution >= 4 is 40.3 Å². The van der Waals surface area contributed by atoms with E-state index in [0.717, 1.165) is 22.6 Å². The molecule has 0 heterocycles. The fourth-order valence-corrected chi connectivity index (χ4v) is 3.87. The van der Waals surface area contributed by atoms with Crippen LogP contribution in [-0.4, -0.2) is 30.7 Å². The largest absolute Gasteiger partial charge is 0.383 e. The van der Waals surface area contributed by atoms with Crippen LogP contribution >= 0.6 is 0 Å². The number of carbonyl (C=O) groups excluding carboxylic acids is 3. The first-order valence-corrected chi connectivity index (χ1v) is 10.9. The molecule has 168 valence electrons. The number of fused-ring (bicyclic) bond motifs is 1. The van der Waals surface area contributed by atoms with Crippen molar-refractivity contribution in [2.24, 2.45) is 0 Å². The molecule has 0 aliphatic heterocycles. The Kier molecular flexibility index (Phi) is 6.69. The van der Waals surface area contributed by atoms with Crippen LogP contribution in [0, 0.1) is 0 Å². The average Bonchev–Trinajstić information content (AvgIpc) is 3.21. The lowest BCUT2D eigenvalue weighted by molar-refractivity contribution is -0.118. The molecule has 2 amide bonds. The van der Waals surface area contributed by atoms with Crippen LogP contribution in [0.4, 0.5) is 22.7 Å². The topological polar surface area (TPSA) is 99.3 Å².